The molecule has 2 aliphatic heterocycles. The predicted molar refractivity (Wildman–Crippen MR) is 148 cm³/mol. The second-order valence-corrected chi connectivity index (χ2v) is 12.4. The molecule has 0 aromatic heterocycles. The van der Waals surface area contributed by atoms with Crippen LogP contribution in [0.2, 0.25) is 0 Å². The van der Waals surface area contributed by atoms with Crippen molar-refractivity contribution in [2.24, 2.45) is 5.92 Å². The molecule has 0 bridgehead atoms. The normalized spacial score (nSPS) is 21.8. The maximum absolute atomic E-state index is 13.9. The molecule has 2 aliphatic rings. The van der Waals surface area contributed by atoms with Gasteiger partial charge in [-0.25, -0.2) is 5.06 Å². The summed E-state index contributed by atoms with van der Waals surface area (Å²) in [6.45, 7) is 12.6. The van der Waals surface area contributed by atoms with Crippen molar-refractivity contribution in [2.45, 2.75) is 71.1 Å². The van der Waals surface area contributed by atoms with Crippen molar-refractivity contribution in [2.75, 3.05) is 5.06 Å². The summed E-state index contributed by atoms with van der Waals surface area (Å²) >= 11 is 0. The first kappa shape index (κ1) is 26.0. The summed E-state index contributed by atoms with van der Waals surface area (Å²) in [6.07, 6.45) is -0.915. The predicted octanol–water partition coefficient (Wildman–Crippen LogP) is 6.03. The van der Waals surface area contributed by atoms with E-state index in [9.17, 15) is 14.7 Å². The number of hydroxylamine groups is 1. The molecule has 6 nitrogen and oxygen atoms in total. The molecule has 2 fully saturated rings. The summed E-state index contributed by atoms with van der Waals surface area (Å²) in [6, 6.07) is 22.5. The number of imide groups is 1. The van der Waals surface area contributed by atoms with Gasteiger partial charge in [0.2, 0.25) is 5.91 Å². The highest BCUT2D eigenvalue weighted by Gasteiger charge is 2.60. The van der Waals surface area contributed by atoms with Crippen LogP contribution in [-0.2, 0) is 31.8 Å². The van der Waals surface area contributed by atoms with E-state index in [1.807, 2.05) is 72.8 Å². The molecule has 38 heavy (non-hydrogen) atoms. The van der Waals surface area contributed by atoms with Gasteiger partial charge >= 0.3 is 0 Å². The van der Waals surface area contributed by atoms with Crippen molar-refractivity contribution >= 4 is 17.5 Å². The van der Waals surface area contributed by atoms with E-state index in [-0.39, 0.29) is 34.9 Å². The Morgan fingerprint density at radius 2 is 1.32 bits per heavy atom. The topological polar surface area (TPSA) is 70.1 Å². The van der Waals surface area contributed by atoms with Crippen LogP contribution < -0.4 is 5.06 Å². The lowest BCUT2D eigenvalue weighted by Crippen LogP contribution is -2.37. The van der Waals surface area contributed by atoms with E-state index >= 15 is 0 Å². The largest absolute Gasteiger partial charge is 0.507 e. The summed E-state index contributed by atoms with van der Waals surface area (Å²) in [5, 5.41) is 13.0. The lowest BCUT2D eigenvalue weighted by molar-refractivity contribution is -0.143. The highest BCUT2D eigenvalue weighted by molar-refractivity contribution is 6.07. The number of anilines is 1. The number of carbonyl (C=O) groups is 2. The average molecular weight is 513 g/mol. The Hall–Kier alpha value is -3.64. The molecule has 3 aromatic rings. The standard InChI is InChI=1S/C32H36N2O4/c1-31(2,3)23-17-21(18-24(27(23)35)32(4,5)6)26-25-28(38-34(26)22-15-11-8-12-16-22)30(37)33(29(25)36)19-20-13-9-7-10-14-20/h7-18,25-26,28,35H,19H2,1-6H3/t25-,26+,28-/m0/s1. The second-order valence-electron chi connectivity index (χ2n) is 12.4. The smallest absolute Gasteiger partial charge is 0.262 e. The minimum Gasteiger partial charge on any atom is -0.507 e. The SMILES string of the molecule is CC(C)(C)c1cc([C@@H]2[C@@H]3C(=O)N(Cc4ccccc4)C(=O)[C@H]3ON2c2ccccc2)cc(C(C)(C)C)c1O. The van der Waals surface area contributed by atoms with E-state index < -0.39 is 18.1 Å². The Balaban J connectivity index is 1.65. The minimum atomic E-state index is -0.915. The van der Waals surface area contributed by atoms with Crippen LogP contribution in [0.3, 0.4) is 0 Å². The van der Waals surface area contributed by atoms with Crippen molar-refractivity contribution < 1.29 is 19.5 Å². The van der Waals surface area contributed by atoms with Crippen molar-refractivity contribution in [1.29, 1.82) is 0 Å². The number of benzene rings is 3. The Labute approximate surface area is 224 Å². The number of amides is 2. The Bertz CT molecular complexity index is 1320. The van der Waals surface area contributed by atoms with Gasteiger partial charge in [0.25, 0.3) is 5.91 Å². The monoisotopic (exact) mass is 512 g/mol. The first-order valence-electron chi connectivity index (χ1n) is 13.2. The molecular weight excluding hydrogens is 476 g/mol. The number of phenolic OH excluding ortho intramolecular Hbond substituents is 1. The summed E-state index contributed by atoms with van der Waals surface area (Å²) < 4.78 is 0. The van der Waals surface area contributed by atoms with Gasteiger partial charge in [-0.3, -0.25) is 19.3 Å². The van der Waals surface area contributed by atoms with Crippen LogP contribution in [0.1, 0.15) is 69.8 Å². The summed E-state index contributed by atoms with van der Waals surface area (Å²) in [5.41, 5.74) is 3.42. The van der Waals surface area contributed by atoms with E-state index in [0.717, 1.165) is 27.9 Å². The van der Waals surface area contributed by atoms with Gasteiger partial charge in [0.1, 0.15) is 11.7 Å². The molecule has 198 valence electrons. The first-order valence-corrected chi connectivity index (χ1v) is 13.2. The van der Waals surface area contributed by atoms with Crippen molar-refractivity contribution in [3.63, 3.8) is 0 Å². The number of phenols is 1. The van der Waals surface area contributed by atoms with Gasteiger partial charge in [-0.05, 0) is 57.3 Å². The van der Waals surface area contributed by atoms with Crippen molar-refractivity contribution in [3.05, 3.63) is 95.1 Å². The molecular formula is C32H36N2O4. The van der Waals surface area contributed by atoms with Gasteiger partial charge in [-0.2, -0.15) is 0 Å². The van der Waals surface area contributed by atoms with E-state index in [1.54, 1.807) is 5.06 Å². The van der Waals surface area contributed by atoms with Crippen molar-refractivity contribution in [3.8, 4) is 5.75 Å². The maximum Gasteiger partial charge on any atom is 0.262 e. The fourth-order valence-corrected chi connectivity index (χ4v) is 5.50. The fourth-order valence-electron chi connectivity index (χ4n) is 5.50. The summed E-state index contributed by atoms with van der Waals surface area (Å²) in [4.78, 5) is 35.2. The van der Waals surface area contributed by atoms with Gasteiger partial charge in [0.15, 0.2) is 6.10 Å². The molecule has 1 N–H and O–H groups in total. The number of likely N-dealkylation sites (tertiary alicyclic amines) is 1. The zero-order valence-corrected chi connectivity index (χ0v) is 22.9. The van der Waals surface area contributed by atoms with Gasteiger partial charge in [0.05, 0.1) is 18.3 Å². The van der Waals surface area contributed by atoms with E-state index in [4.69, 9.17) is 4.84 Å². The van der Waals surface area contributed by atoms with Crippen LogP contribution in [0.15, 0.2) is 72.8 Å². The third kappa shape index (κ3) is 4.47. The number of fused-ring (bicyclic) bond motifs is 1. The molecule has 0 aliphatic carbocycles. The summed E-state index contributed by atoms with van der Waals surface area (Å²) in [7, 11) is 0. The summed E-state index contributed by atoms with van der Waals surface area (Å²) in [5.74, 6) is -1.00. The number of aromatic hydroxyl groups is 1. The van der Waals surface area contributed by atoms with Gasteiger partial charge in [0, 0.05) is 0 Å². The molecule has 3 aromatic carbocycles. The molecule has 2 saturated heterocycles. The zero-order chi connectivity index (χ0) is 27.4. The molecule has 2 amide bonds. The lowest BCUT2D eigenvalue weighted by atomic mass is 9.76. The quantitative estimate of drug-likeness (QED) is 0.432. The van der Waals surface area contributed by atoms with E-state index in [0.29, 0.717) is 0 Å². The highest BCUT2D eigenvalue weighted by Crippen LogP contribution is 2.49. The van der Waals surface area contributed by atoms with Crippen molar-refractivity contribution in [1.82, 2.24) is 4.90 Å². The number of carbonyl (C=O) groups excluding carboxylic acids is 2. The number of hydrogen-bond acceptors (Lipinski definition) is 5. The van der Waals surface area contributed by atoms with E-state index in [2.05, 4.69) is 41.5 Å². The second kappa shape index (κ2) is 9.28. The number of nitrogens with zero attached hydrogens (tertiary/aromatic N) is 2. The number of hydrogen-bond donors (Lipinski definition) is 1. The molecule has 0 radical (unpaired) electrons. The van der Waals surface area contributed by atoms with Crippen LogP contribution in [0, 0.1) is 5.92 Å². The third-order valence-corrected chi connectivity index (χ3v) is 7.49. The molecule has 0 unspecified atom stereocenters. The third-order valence-electron chi connectivity index (χ3n) is 7.49. The number of para-hydroxylation sites is 1. The van der Waals surface area contributed by atoms with Crippen LogP contribution in [0.5, 0.6) is 5.75 Å². The van der Waals surface area contributed by atoms with Crippen LogP contribution in [0.25, 0.3) is 0 Å². The Kier molecular flexibility index (Phi) is 6.35. The minimum absolute atomic E-state index is 0.211. The number of rotatable bonds is 4. The molecule has 0 saturated carbocycles. The molecule has 0 spiro atoms. The Morgan fingerprint density at radius 1 is 0.789 bits per heavy atom. The fraction of sp³-hybridized carbons (Fsp3) is 0.375. The molecule has 2 heterocycles. The van der Waals surface area contributed by atoms with Gasteiger partial charge in [-0.1, -0.05) is 90.1 Å². The van der Waals surface area contributed by atoms with Crippen LogP contribution in [0.4, 0.5) is 5.69 Å². The maximum atomic E-state index is 13.9. The van der Waals surface area contributed by atoms with Crippen LogP contribution >= 0.6 is 0 Å². The zero-order valence-electron chi connectivity index (χ0n) is 22.9. The molecule has 3 atom stereocenters. The van der Waals surface area contributed by atoms with Gasteiger partial charge in [-0.15, -0.1) is 0 Å². The average Bonchev–Trinajstić information content (AvgIpc) is 3.36. The lowest BCUT2D eigenvalue weighted by Gasteiger charge is -2.33. The molecule has 6 heteroatoms. The van der Waals surface area contributed by atoms with Gasteiger partial charge < -0.3 is 5.11 Å². The Morgan fingerprint density at radius 3 is 1.84 bits per heavy atom. The highest BCUT2D eigenvalue weighted by atomic mass is 16.7. The van der Waals surface area contributed by atoms with Crippen LogP contribution in [-0.4, -0.2) is 27.9 Å². The van der Waals surface area contributed by atoms with E-state index in [1.165, 1.54) is 4.90 Å². The first-order chi connectivity index (χ1) is 17.9. The molecule has 5 rings (SSSR count).